The number of H-pyrrole nitrogens is 1. The lowest BCUT2D eigenvalue weighted by Gasteiger charge is -2.14. The van der Waals surface area contributed by atoms with Crippen LogP contribution >= 0.6 is 12.2 Å². The van der Waals surface area contributed by atoms with E-state index in [0.29, 0.717) is 16.8 Å². The molecule has 0 fully saturated rings. The summed E-state index contributed by atoms with van der Waals surface area (Å²) < 4.78 is 31.0. The first kappa shape index (κ1) is 13.0. The molecule has 0 bridgehead atoms. The zero-order valence-corrected chi connectivity index (χ0v) is 11.5. The Morgan fingerprint density at radius 1 is 1.40 bits per heavy atom. The fourth-order valence-electron chi connectivity index (χ4n) is 2.35. The Labute approximate surface area is 118 Å². The molecule has 3 aromatic rings. The first-order valence-electron chi connectivity index (χ1n) is 6.13. The van der Waals surface area contributed by atoms with Crippen molar-refractivity contribution in [1.29, 1.82) is 0 Å². The van der Waals surface area contributed by atoms with Crippen LogP contribution in [0.3, 0.4) is 0 Å². The summed E-state index contributed by atoms with van der Waals surface area (Å²) in [6.07, 6.45) is 3.51. The number of halogens is 2. The highest BCUT2D eigenvalue weighted by molar-refractivity contribution is 7.71. The SMILES string of the molecule is CC(Cn1cccn1)n1c(=S)[nH]c2c(F)cc(F)cc21. The number of fused-ring (bicyclic) bond motifs is 1. The molecule has 2 aromatic heterocycles. The van der Waals surface area contributed by atoms with Gasteiger partial charge in [0.15, 0.2) is 10.6 Å². The molecule has 0 amide bonds. The van der Waals surface area contributed by atoms with Gasteiger partial charge in [-0.15, -0.1) is 0 Å². The van der Waals surface area contributed by atoms with Crippen LogP contribution < -0.4 is 0 Å². The molecule has 1 unspecified atom stereocenters. The standard InChI is InChI=1S/C13H12F2N4S/c1-8(7-18-4-2-3-16-18)19-11-6-9(14)5-10(15)12(11)17-13(19)20/h2-6,8H,7H2,1H3,(H,17,20). The van der Waals surface area contributed by atoms with E-state index in [0.717, 1.165) is 6.07 Å². The third-order valence-corrected chi connectivity index (χ3v) is 3.49. The fraction of sp³-hybridized carbons (Fsp3) is 0.231. The third-order valence-electron chi connectivity index (χ3n) is 3.20. The molecule has 0 saturated heterocycles. The number of hydrogen-bond acceptors (Lipinski definition) is 2. The highest BCUT2D eigenvalue weighted by atomic mass is 32.1. The van der Waals surface area contributed by atoms with Crippen molar-refractivity contribution in [1.82, 2.24) is 19.3 Å². The second kappa shape index (κ2) is 4.82. The minimum atomic E-state index is -0.642. The summed E-state index contributed by atoms with van der Waals surface area (Å²) in [5, 5.41) is 4.12. The van der Waals surface area contributed by atoms with Crippen LogP contribution in [-0.4, -0.2) is 19.3 Å². The van der Waals surface area contributed by atoms with Crippen LogP contribution in [0.15, 0.2) is 30.6 Å². The van der Waals surface area contributed by atoms with E-state index < -0.39 is 11.6 Å². The molecule has 1 N–H and O–H groups in total. The Balaban J connectivity index is 2.11. The van der Waals surface area contributed by atoms with Gasteiger partial charge in [-0.1, -0.05) is 0 Å². The molecule has 0 saturated carbocycles. The summed E-state index contributed by atoms with van der Waals surface area (Å²) in [7, 11) is 0. The van der Waals surface area contributed by atoms with Crippen molar-refractivity contribution in [2.24, 2.45) is 0 Å². The van der Waals surface area contributed by atoms with Gasteiger partial charge >= 0.3 is 0 Å². The minimum Gasteiger partial charge on any atom is -0.328 e. The average Bonchev–Trinajstić information content (AvgIpc) is 2.96. The van der Waals surface area contributed by atoms with E-state index in [1.165, 1.54) is 6.07 Å². The summed E-state index contributed by atoms with van der Waals surface area (Å²) in [6, 6.07) is 3.86. The van der Waals surface area contributed by atoms with Gasteiger partial charge in [0.2, 0.25) is 0 Å². The monoisotopic (exact) mass is 294 g/mol. The quantitative estimate of drug-likeness (QED) is 0.752. The number of aromatic amines is 1. The summed E-state index contributed by atoms with van der Waals surface area (Å²) in [5.74, 6) is -1.26. The van der Waals surface area contributed by atoms with Crippen LogP contribution in [0, 0.1) is 16.4 Å². The Hall–Kier alpha value is -2.02. The number of rotatable bonds is 3. The van der Waals surface area contributed by atoms with E-state index in [2.05, 4.69) is 10.1 Å². The molecule has 7 heteroatoms. The van der Waals surface area contributed by atoms with Crippen molar-refractivity contribution in [2.45, 2.75) is 19.5 Å². The predicted octanol–water partition coefficient (Wildman–Crippen LogP) is 3.43. The van der Waals surface area contributed by atoms with E-state index in [9.17, 15) is 8.78 Å². The molecule has 1 aromatic carbocycles. The molecule has 2 heterocycles. The smallest absolute Gasteiger partial charge is 0.178 e. The molecule has 4 nitrogen and oxygen atoms in total. The molecule has 0 aliphatic rings. The normalized spacial score (nSPS) is 12.9. The van der Waals surface area contributed by atoms with Crippen LogP contribution in [0.4, 0.5) is 8.78 Å². The van der Waals surface area contributed by atoms with Crippen molar-refractivity contribution < 1.29 is 8.78 Å². The lowest BCUT2D eigenvalue weighted by molar-refractivity contribution is 0.442. The van der Waals surface area contributed by atoms with Crippen LogP contribution in [0.25, 0.3) is 11.0 Å². The lowest BCUT2D eigenvalue weighted by atomic mass is 10.2. The largest absolute Gasteiger partial charge is 0.328 e. The number of hydrogen-bond donors (Lipinski definition) is 1. The Bertz CT molecular complexity index is 804. The van der Waals surface area contributed by atoms with E-state index in [1.54, 1.807) is 15.4 Å². The van der Waals surface area contributed by atoms with Gasteiger partial charge < -0.3 is 9.55 Å². The average molecular weight is 294 g/mol. The highest BCUT2D eigenvalue weighted by Gasteiger charge is 2.15. The third kappa shape index (κ3) is 2.14. The highest BCUT2D eigenvalue weighted by Crippen LogP contribution is 2.23. The first-order chi connectivity index (χ1) is 9.56. The van der Waals surface area contributed by atoms with Gasteiger partial charge in [0.05, 0.1) is 18.1 Å². The van der Waals surface area contributed by atoms with Crippen molar-refractivity contribution in [3.05, 3.63) is 47.0 Å². The summed E-state index contributed by atoms with van der Waals surface area (Å²) in [4.78, 5) is 2.79. The molecule has 0 aliphatic carbocycles. The van der Waals surface area contributed by atoms with Crippen molar-refractivity contribution in [2.75, 3.05) is 0 Å². The van der Waals surface area contributed by atoms with Gasteiger partial charge in [0.1, 0.15) is 11.3 Å². The van der Waals surface area contributed by atoms with Crippen LogP contribution in [-0.2, 0) is 6.54 Å². The van der Waals surface area contributed by atoms with Gasteiger partial charge in [-0.05, 0) is 31.3 Å². The molecule has 1 atom stereocenters. The minimum absolute atomic E-state index is 0.0858. The summed E-state index contributed by atoms with van der Waals surface area (Å²) >= 11 is 5.22. The van der Waals surface area contributed by atoms with Crippen LogP contribution in [0.1, 0.15) is 13.0 Å². The van der Waals surface area contributed by atoms with Gasteiger partial charge in [-0.2, -0.15) is 5.10 Å². The molecule has 104 valence electrons. The van der Waals surface area contributed by atoms with Crippen molar-refractivity contribution in [3.63, 3.8) is 0 Å². The summed E-state index contributed by atoms with van der Waals surface area (Å²) in [6.45, 7) is 2.49. The molecule has 0 spiro atoms. The van der Waals surface area contributed by atoms with E-state index >= 15 is 0 Å². The van der Waals surface area contributed by atoms with Crippen LogP contribution in [0.5, 0.6) is 0 Å². The number of nitrogens with zero attached hydrogens (tertiary/aromatic N) is 3. The molecule has 0 radical (unpaired) electrons. The van der Waals surface area contributed by atoms with Gasteiger partial charge in [0, 0.05) is 18.5 Å². The Kier molecular flexibility index (Phi) is 3.13. The number of imidazole rings is 1. The molecular weight excluding hydrogens is 282 g/mol. The zero-order chi connectivity index (χ0) is 14.3. The molecule has 20 heavy (non-hydrogen) atoms. The van der Waals surface area contributed by atoms with Gasteiger partial charge in [-0.25, -0.2) is 8.78 Å². The Morgan fingerprint density at radius 2 is 2.20 bits per heavy atom. The van der Waals surface area contributed by atoms with Crippen molar-refractivity contribution >= 4 is 23.3 Å². The molecule has 3 rings (SSSR count). The number of nitrogens with one attached hydrogen (secondary N) is 1. The zero-order valence-electron chi connectivity index (χ0n) is 10.7. The van der Waals surface area contributed by atoms with Gasteiger partial charge in [-0.3, -0.25) is 4.68 Å². The fourth-order valence-corrected chi connectivity index (χ4v) is 2.73. The maximum absolute atomic E-state index is 13.7. The van der Waals surface area contributed by atoms with Crippen molar-refractivity contribution in [3.8, 4) is 0 Å². The van der Waals surface area contributed by atoms with Gasteiger partial charge in [0.25, 0.3) is 0 Å². The second-order valence-corrected chi connectivity index (χ2v) is 5.05. The number of benzene rings is 1. The Morgan fingerprint density at radius 3 is 2.90 bits per heavy atom. The predicted molar refractivity (Wildman–Crippen MR) is 74.0 cm³/mol. The van der Waals surface area contributed by atoms with E-state index in [1.807, 2.05) is 19.2 Å². The maximum Gasteiger partial charge on any atom is 0.178 e. The second-order valence-electron chi connectivity index (χ2n) is 4.66. The van der Waals surface area contributed by atoms with Crippen LogP contribution in [0.2, 0.25) is 0 Å². The lowest BCUT2D eigenvalue weighted by Crippen LogP contribution is -2.13. The summed E-state index contributed by atoms with van der Waals surface area (Å²) in [5.41, 5.74) is 0.649. The van der Waals surface area contributed by atoms with E-state index in [-0.39, 0.29) is 11.6 Å². The number of aromatic nitrogens is 4. The first-order valence-corrected chi connectivity index (χ1v) is 6.54. The molecule has 0 aliphatic heterocycles. The topological polar surface area (TPSA) is 38.5 Å². The molecular formula is C13H12F2N4S. The van der Waals surface area contributed by atoms with E-state index in [4.69, 9.17) is 12.2 Å². The maximum atomic E-state index is 13.7.